The molecule has 4 aromatic carbocycles. The van der Waals surface area contributed by atoms with Crippen molar-refractivity contribution in [3.05, 3.63) is 95.6 Å². The second-order valence-corrected chi connectivity index (χ2v) is 7.38. The molecule has 1 atom stereocenters. The fourth-order valence-electron chi connectivity index (χ4n) is 4.33. The second kappa shape index (κ2) is 6.31. The molecule has 0 heterocycles. The first kappa shape index (κ1) is 17.2. The minimum Gasteiger partial charge on any atom is -0.506 e. The number of hydrogen-bond acceptors (Lipinski definition) is 4. The number of phenols is 2. The van der Waals surface area contributed by atoms with Gasteiger partial charge in [0.15, 0.2) is 0 Å². The van der Waals surface area contributed by atoms with Gasteiger partial charge >= 0.3 is 0 Å². The molecule has 5 rings (SSSR count). The number of hydrogen-bond donors (Lipinski definition) is 4. The number of fused-ring (bicyclic) bond motifs is 3. The van der Waals surface area contributed by atoms with Crippen LogP contribution in [0.15, 0.2) is 78.9 Å². The minimum absolute atomic E-state index is 0.0182. The molecule has 4 heteroatoms. The van der Waals surface area contributed by atoms with Crippen LogP contribution in [0.5, 0.6) is 11.5 Å². The molecule has 0 fully saturated rings. The quantitative estimate of drug-likeness (QED) is 0.253. The molecule has 0 saturated carbocycles. The average Bonchev–Trinajstić information content (AvgIpc) is 3.07. The summed E-state index contributed by atoms with van der Waals surface area (Å²) in [5.74, 6) is 0.141. The third kappa shape index (κ3) is 2.61. The van der Waals surface area contributed by atoms with Crippen molar-refractivity contribution in [2.75, 3.05) is 11.5 Å². The van der Waals surface area contributed by atoms with Crippen molar-refractivity contribution < 1.29 is 10.2 Å². The number of phenolic OH excluding ortho intramolecular Hbond substituents is 2. The summed E-state index contributed by atoms with van der Waals surface area (Å²) in [6.45, 7) is 0. The molecule has 1 aliphatic rings. The van der Waals surface area contributed by atoms with E-state index in [0.29, 0.717) is 11.4 Å². The van der Waals surface area contributed by atoms with Crippen molar-refractivity contribution in [3.8, 4) is 33.8 Å². The largest absolute Gasteiger partial charge is 0.506 e. The number of nitrogen functional groups attached to an aromatic ring is 2. The molecule has 0 saturated heterocycles. The van der Waals surface area contributed by atoms with Crippen molar-refractivity contribution in [1.82, 2.24) is 0 Å². The smallest absolute Gasteiger partial charge is 0.138 e. The number of rotatable bonds is 2. The Labute approximate surface area is 168 Å². The van der Waals surface area contributed by atoms with Gasteiger partial charge in [-0.15, -0.1) is 0 Å². The lowest BCUT2D eigenvalue weighted by molar-refractivity contribution is 0.477. The summed E-state index contributed by atoms with van der Waals surface area (Å²) in [5, 5.41) is 19.8. The minimum atomic E-state index is -0.0182. The lowest BCUT2D eigenvalue weighted by Crippen LogP contribution is -2.02. The van der Waals surface area contributed by atoms with Gasteiger partial charge in [0.2, 0.25) is 0 Å². The molecular formula is C25H20N2O2. The van der Waals surface area contributed by atoms with Gasteiger partial charge in [-0.05, 0) is 63.2 Å². The Hall–Kier alpha value is -3.92. The second-order valence-electron chi connectivity index (χ2n) is 7.38. The van der Waals surface area contributed by atoms with E-state index in [1.54, 1.807) is 18.2 Å². The predicted molar refractivity (Wildman–Crippen MR) is 117 cm³/mol. The summed E-state index contributed by atoms with van der Waals surface area (Å²) < 4.78 is 0. The molecule has 4 aromatic rings. The molecule has 4 nitrogen and oxygen atoms in total. The van der Waals surface area contributed by atoms with E-state index in [1.807, 2.05) is 36.4 Å². The predicted octanol–water partition coefficient (Wildman–Crippen LogP) is 5.09. The molecular weight excluding hydrogens is 360 g/mol. The number of nitrogens with two attached hydrogens (primary N) is 2. The molecule has 1 aliphatic carbocycles. The fraction of sp³-hybridized carbons (Fsp3) is 0.0400. The van der Waals surface area contributed by atoms with Gasteiger partial charge in [0.1, 0.15) is 11.5 Å². The molecule has 0 aromatic heterocycles. The zero-order valence-electron chi connectivity index (χ0n) is 15.6. The van der Waals surface area contributed by atoms with Gasteiger partial charge in [-0.1, -0.05) is 54.6 Å². The van der Waals surface area contributed by atoms with Crippen LogP contribution in [-0.2, 0) is 0 Å². The Kier molecular flexibility index (Phi) is 3.74. The first-order valence-corrected chi connectivity index (χ1v) is 9.44. The van der Waals surface area contributed by atoms with Crippen LogP contribution in [0.25, 0.3) is 22.3 Å². The van der Waals surface area contributed by atoms with Crippen LogP contribution in [0.1, 0.15) is 22.6 Å². The molecule has 0 aliphatic heterocycles. The molecule has 1 unspecified atom stereocenters. The molecule has 0 spiro atoms. The van der Waals surface area contributed by atoms with Crippen LogP contribution in [-0.4, -0.2) is 10.2 Å². The molecule has 29 heavy (non-hydrogen) atoms. The highest BCUT2D eigenvalue weighted by atomic mass is 16.3. The summed E-state index contributed by atoms with van der Waals surface area (Å²) >= 11 is 0. The van der Waals surface area contributed by atoms with Crippen LogP contribution in [0.4, 0.5) is 11.4 Å². The molecule has 0 bridgehead atoms. The third-order valence-corrected chi connectivity index (χ3v) is 5.68. The van der Waals surface area contributed by atoms with Gasteiger partial charge in [0.25, 0.3) is 0 Å². The van der Waals surface area contributed by atoms with E-state index in [0.717, 1.165) is 16.7 Å². The van der Waals surface area contributed by atoms with Gasteiger partial charge in [-0.25, -0.2) is 0 Å². The number of anilines is 2. The Bertz CT molecular complexity index is 1260. The van der Waals surface area contributed by atoms with Gasteiger partial charge in [-0.2, -0.15) is 0 Å². The van der Waals surface area contributed by atoms with Gasteiger partial charge in [0.05, 0.1) is 11.4 Å². The highest BCUT2D eigenvalue weighted by molar-refractivity contribution is 5.89. The van der Waals surface area contributed by atoms with E-state index in [4.69, 9.17) is 11.5 Å². The van der Waals surface area contributed by atoms with Crippen molar-refractivity contribution in [1.29, 1.82) is 0 Å². The van der Waals surface area contributed by atoms with Gasteiger partial charge < -0.3 is 21.7 Å². The van der Waals surface area contributed by atoms with E-state index in [1.165, 1.54) is 22.3 Å². The number of aromatic hydroxyl groups is 2. The first-order chi connectivity index (χ1) is 14.0. The van der Waals surface area contributed by atoms with E-state index >= 15 is 0 Å². The maximum atomic E-state index is 9.90. The molecule has 0 radical (unpaired) electrons. The Morgan fingerprint density at radius 3 is 2.03 bits per heavy atom. The summed E-state index contributed by atoms with van der Waals surface area (Å²) in [4.78, 5) is 0. The number of benzene rings is 4. The van der Waals surface area contributed by atoms with E-state index in [9.17, 15) is 10.2 Å². The topological polar surface area (TPSA) is 92.5 Å². The van der Waals surface area contributed by atoms with Crippen LogP contribution in [0.2, 0.25) is 0 Å². The summed E-state index contributed by atoms with van der Waals surface area (Å²) in [7, 11) is 0. The molecule has 0 amide bonds. The SMILES string of the molecule is Nc1cc(-c2cccc3c2C(c2ccc(O)c(N)c2)c2ccccc2-3)ccc1O. The van der Waals surface area contributed by atoms with Crippen molar-refractivity contribution in [2.24, 2.45) is 0 Å². The average molecular weight is 380 g/mol. The molecule has 142 valence electrons. The van der Waals surface area contributed by atoms with Crippen molar-refractivity contribution >= 4 is 11.4 Å². The van der Waals surface area contributed by atoms with Gasteiger partial charge in [-0.3, -0.25) is 0 Å². The Balaban J connectivity index is 1.80. The highest BCUT2D eigenvalue weighted by Crippen LogP contribution is 2.52. The van der Waals surface area contributed by atoms with Crippen molar-refractivity contribution in [2.45, 2.75) is 5.92 Å². The fourth-order valence-corrected chi connectivity index (χ4v) is 4.33. The standard InChI is InChI=1S/C25H20N2O2/c26-20-12-14(8-10-22(20)28)16-6-3-7-19-17-4-1-2-5-18(17)24(25(16)19)15-9-11-23(29)21(27)13-15/h1-13,24,28-29H,26-27H2. The lowest BCUT2D eigenvalue weighted by atomic mass is 9.84. The van der Waals surface area contributed by atoms with E-state index in [2.05, 4.69) is 24.3 Å². The zero-order valence-corrected chi connectivity index (χ0v) is 15.6. The summed E-state index contributed by atoms with van der Waals surface area (Å²) in [6, 6.07) is 25.3. The molecule has 6 N–H and O–H groups in total. The van der Waals surface area contributed by atoms with Crippen LogP contribution >= 0.6 is 0 Å². The monoisotopic (exact) mass is 380 g/mol. The normalized spacial score (nSPS) is 14.4. The summed E-state index contributed by atoms with van der Waals surface area (Å²) in [6.07, 6.45) is 0. The zero-order chi connectivity index (χ0) is 20.1. The third-order valence-electron chi connectivity index (χ3n) is 5.68. The van der Waals surface area contributed by atoms with Crippen LogP contribution < -0.4 is 11.5 Å². The first-order valence-electron chi connectivity index (χ1n) is 9.44. The van der Waals surface area contributed by atoms with Crippen molar-refractivity contribution in [3.63, 3.8) is 0 Å². The van der Waals surface area contributed by atoms with E-state index in [-0.39, 0.29) is 17.4 Å². The Morgan fingerprint density at radius 1 is 0.621 bits per heavy atom. The maximum absolute atomic E-state index is 9.90. The van der Waals surface area contributed by atoms with E-state index < -0.39 is 0 Å². The van der Waals surface area contributed by atoms with Crippen LogP contribution in [0, 0.1) is 0 Å². The van der Waals surface area contributed by atoms with Crippen LogP contribution in [0.3, 0.4) is 0 Å². The highest BCUT2D eigenvalue weighted by Gasteiger charge is 2.32. The lowest BCUT2D eigenvalue weighted by Gasteiger charge is -2.19. The summed E-state index contributed by atoms with van der Waals surface area (Å²) in [5.41, 5.74) is 20.5. The maximum Gasteiger partial charge on any atom is 0.138 e. The Morgan fingerprint density at radius 2 is 1.28 bits per heavy atom. The van der Waals surface area contributed by atoms with Gasteiger partial charge in [0, 0.05) is 5.92 Å².